The Kier molecular flexibility index (Phi) is 6.74. The molecule has 2 aromatic rings. The van der Waals surface area contributed by atoms with Crippen molar-refractivity contribution in [2.75, 3.05) is 13.1 Å². The van der Waals surface area contributed by atoms with Crippen LogP contribution in [0.15, 0.2) is 30.6 Å². The first-order valence-corrected chi connectivity index (χ1v) is 11.4. The van der Waals surface area contributed by atoms with E-state index in [9.17, 15) is 9.90 Å². The maximum atomic E-state index is 12.4. The van der Waals surface area contributed by atoms with E-state index in [1.54, 1.807) is 23.7 Å². The first-order chi connectivity index (χ1) is 13.7. The molecule has 29 heavy (non-hydrogen) atoms. The second-order valence-electron chi connectivity index (χ2n) is 9.46. The lowest BCUT2D eigenvalue weighted by Gasteiger charge is -2.48. The predicted molar refractivity (Wildman–Crippen MR) is 118 cm³/mol. The van der Waals surface area contributed by atoms with Gasteiger partial charge in [0.05, 0.1) is 10.3 Å². The summed E-state index contributed by atoms with van der Waals surface area (Å²) in [5, 5.41) is 10.2. The van der Waals surface area contributed by atoms with Crippen molar-refractivity contribution in [3.05, 3.63) is 35.5 Å². The monoisotopic (exact) mass is 415 g/mol. The Balaban J connectivity index is 1.82. The van der Waals surface area contributed by atoms with Crippen LogP contribution in [-0.4, -0.2) is 39.0 Å². The van der Waals surface area contributed by atoms with Crippen molar-refractivity contribution in [3.63, 3.8) is 0 Å². The summed E-state index contributed by atoms with van der Waals surface area (Å²) in [4.78, 5) is 25.7. The van der Waals surface area contributed by atoms with E-state index in [-0.39, 0.29) is 5.41 Å². The quantitative estimate of drug-likeness (QED) is 0.662. The molecule has 0 aromatic carbocycles. The Morgan fingerprint density at radius 1 is 1.31 bits per heavy atom. The molecule has 0 amide bonds. The molecule has 1 saturated heterocycles. The maximum absolute atomic E-state index is 12.4. The molecule has 2 atom stereocenters. The largest absolute Gasteiger partial charge is 0.481 e. The number of aliphatic carboxylic acids is 1. The van der Waals surface area contributed by atoms with Crippen LogP contribution in [0.5, 0.6) is 0 Å². The summed E-state index contributed by atoms with van der Waals surface area (Å²) in [5.74, 6) is 0.480. The van der Waals surface area contributed by atoms with E-state index in [2.05, 4.69) is 54.7 Å². The molecule has 1 aliphatic heterocycles. The molecule has 0 radical (unpaired) electrons. The fourth-order valence-corrected chi connectivity index (χ4v) is 5.29. The maximum Gasteiger partial charge on any atom is 0.310 e. The highest BCUT2D eigenvalue weighted by atomic mass is 32.1. The number of aromatic nitrogens is 2. The van der Waals surface area contributed by atoms with Crippen LogP contribution in [-0.2, 0) is 11.3 Å². The molecule has 0 spiro atoms. The van der Waals surface area contributed by atoms with Crippen molar-refractivity contribution in [1.29, 1.82) is 0 Å². The molecule has 2 aromatic heterocycles. The fourth-order valence-electron chi connectivity index (χ4n) is 4.29. The van der Waals surface area contributed by atoms with Crippen LogP contribution in [0.4, 0.5) is 0 Å². The third-order valence-corrected chi connectivity index (χ3v) is 7.22. The van der Waals surface area contributed by atoms with Crippen LogP contribution in [0.25, 0.3) is 10.7 Å². The van der Waals surface area contributed by atoms with Gasteiger partial charge >= 0.3 is 5.97 Å². The zero-order valence-electron chi connectivity index (χ0n) is 18.0. The summed E-state index contributed by atoms with van der Waals surface area (Å²) >= 11 is 1.70. The number of nitrogens with zero attached hydrogens (tertiary/aromatic N) is 3. The second kappa shape index (κ2) is 8.92. The summed E-state index contributed by atoms with van der Waals surface area (Å²) in [5.41, 5.74) is -0.557. The summed E-state index contributed by atoms with van der Waals surface area (Å²) in [6.45, 7) is 11.2. The highest BCUT2D eigenvalue weighted by Gasteiger charge is 2.47. The van der Waals surface area contributed by atoms with Gasteiger partial charge in [-0.05, 0) is 42.4 Å². The zero-order chi connectivity index (χ0) is 21.1. The lowest BCUT2D eigenvalue weighted by Crippen LogP contribution is -2.53. The molecule has 1 unspecified atom stereocenters. The number of likely N-dealkylation sites (tertiary alicyclic amines) is 1. The van der Waals surface area contributed by atoms with Gasteiger partial charge < -0.3 is 5.11 Å². The standard InChI is InChI=1S/C23H33N3O2S/c1-5-6-10-23(21(27)28)13-17(22(2,3)4)14-26(16-23)15-18-8-9-19(29-18)20-24-11-7-12-25-20/h7-9,11-12,17H,5-6,10,13-16H2,1-4H3,(H,27,28)/t17?,23-/m1/s1. The van der Waals surface area contributed by atoms with E-state index in [1.165, 1.54) is 4.88 Å². The van der Waals surface area contributed by atoms with Crippen LogP contribution < -0.4 is 0 Å². The highest BCUT2D eigenvalue weighted by molar-refractivity contribution is 7.15. The van der Waals surface area contributed by atoms with Crippen molar-refractivity contribution < 1.29 is 9.90 Å². The number of thiophene rings is 1. The molecule has 0 aliphatic carbocycles. The second-order valence-corrected chi connectivity index (χ2v) is 10.6. The minimum atomic E-state index is -0.644. The van der Waals surface area contributed by atoms with Crippen molar-refractivity contribution in [2.24, 2.45) is 16.7 Å². The third-order valence-electron chi connectivity index (χ3n) is 6.16. The van der Waals surface area contributed by atoms with Crippen molar-refractivity contribution in [3.8, 4) is 10.7 Å². The van der Waals surface area contributed by atoms with Gasteiger partial charge in [0.25, 0.3) is 0 Å². The number of hydrogen-bond donors (Lipinski definition) is 1. The normalized spacial score (nSPS) is 23.2. The molecular weight excluding hydrogens is 382 g/mol. The molecule has 5 nitrogen and oxygen atoms in total. The van der Waals surface area contributed by atoms with Crippen LogP contribution in [0, 0.1) is 16.7 Å². The van der Waals surface area contributed by atoms with Crippen LogP contribution in [0.3, 0.4) is 0 Å². The number of carbonyl (C=O) groups is 1. The van der Waals surface area contributed by atoms with E-state index in [0.717, 1.165) is 49.5 Å². The molecule has 6 heteroatoms. The van der Waals surface area contributed by atoms with E-state index < -0.39 is 11.4 Å². The van der Waals surface area contributed by atoms with Gasteiger partial charge in [-0.1, -0.05) is 40.5 Å². The molecule has 3 rings (SSSR count). The summed E-state index contributed by atoms with van der Waals surface area (Å²) in [6, 6.07) is 6.02. The van der Waals surface area contributed by atoms with E-state index in [1.807, 2.05) is 6.07 Å². The van der Waals surface area contributed by atoms with Crippen LogP contribution in [0.2, 0.25) is 0 Å². The van der Waals surface area contributed by atoms with Crippen LogP contribution in [0.1, 0.15) is 58.3 Å². The van der Waals surface area contributed by atoms with Gasteiger partial charge in [0, 0.05) is 36.9 Å². The lowest BCUT2D eigenvalue weighted by molar-refractivity contribution is -0.157. The fraction of sp³-hybridized carbons (Fsp3) is 0.609. The Labute approximate surface area is 178 Å². The minimum absolute atomic E-state index is 0.0874. The van der Waals surface area contributed by atoms with Gasteiger partial charge in [-0.3, -0.25) is 9.69 Å². The topological polar surface area (TPSA) is 66.3 Å². The van der Waals surface area contributed by atoms with Crippen molar-refractivity contribution in [2.45, 2.75) is 59.9 Å². The van der Waals surface area contributed by atoms with E-state index >= 15 is 0 Å². The van der Waals surface area contributed by atoms with Gasteiger partial charge in [0.2, 0.25) is 0 Å². The Bertz CT molecular complexity index is 815. The Hall–Kier alpha value is -1.79. The SMILES string of the molecule is CCCC[C@@]1(C(=O)O)CC(C(C)(C)C)CN(Cc2ccc(-c3ncccn3)s2)C1. The number of carboxylic acids is 1. The molecule has 1 fully saturated rings. The summed E-state index contributed by atoms with van der Waals surface area (Å²) < 4.78 is 0. The number of piperidine rings is 1. The number of unbranched alkanes of at least 4 members (excludes halogenated alkanes) is 1. The zero-order valence-corrected chi connectivity index (χ0v) is 18.8. The molecule has 158 valence electrons. The number of hydrogen-bond acceptors (Lipinski definition) is 5. The van der Waals surface area contributed by atoms with Gasteiger partial charge in [-0.2, -0.15) is 0 Å². The average Bonchev–Trinajstić information content (AvgIpc) is 3.14. The summed E-state index contributed by atoms with van der Waals surface area (Å²) in [7, 11) is 0. The van der Waals surface area contributed by atoms with Crippen molar-refractivity contribution in [1.82, 2.24) is 14.9 Å². The van der Waals surface area contributed by atoms with Gasteiger partial charge in [-0.15, -0.1) is 11.3 Å². The molecular formula is C23H33N3O2S. The van der Waals surface area contributed by atoms with Crippen LogP contribution >= 0.6 is 11.3 Å². The molecule has 0 bridgehead atoms. The lowest BCUT2D eigenvalue weighted by atomic mass is 9.65. The van der Waals surface area contributed by atoms with Crippen molar-refractivity contribution >= 4 is 17.3 Å². The Morgan fingerprint density at radius 3 is 2.66 bits per heavy atom. The average molecular weight is 416 g/mol. The van der Waals surface area contributed by atoms with Gasteiger partial charge in [0.1, 0.15) is 0 Å². The Morgan fingerprint density at radius 2 is 2.03 bits per heavy atom. The number of rotatable bonds is 7. The minimum Gasteiger partial charge on any atom is -0.481 e. The predicted octanol–water partition coefficient (Wildman–Crippen LogP) is 5.33. The molecule has 3 heterocycles. The van der Waals surface area contributed by atoms with E-state index in [4.69, 9.17) is 0 Å². The highest BCUT2D eigenvalue weighted by Crippen LogP contribution is 2.45. The summed E-state index contributed by atoms with van der Waals surface area (Å²) in [6.07, 6.45) is 7.04. The first kappa shape index (κ1) is 21.9. The molecule has 1 N–H and O–H groups in total. The van der Waals surface area contributed by atoms with Gasteiger partial charge in [0.15, 0.2) is 5.82 Å². The molecule has 1 aliphatic rings. The number of carboxylic acid groups (broad SMARTS) is 1. The third kappa shape index (κ3) is 5.23. The smallest absolute Gasteiger partial charge is 0.310 e. The molecule has 0 saturated carbocycles. The van der Waals surface area contributed by atoms with Gasteiger partial charge in [-0.25, -0.2) is 9.97 Å². The van der Waals surface area contributed by atoms with E-state index in [0.29, 0.717) is 12.5 Å². The first-order valence-electron chi connectivity index (χ1n) is 10.6.